The molecular weight excluding hydrogens is 260 g/mol. The van der Waals surface area contributed by atoms with Crippen molar-refractivity contribution in [1.29, 1.82) is 0 Å². The summed E-state index contributed by atoms with van der Waals surface area (Å²) in [4.78, 5) is 21.0. The molecule has 0 amide bonds. The molecule has 0 aliphatic carbocycles. The van der Waals surface area contributed by atoms with E-state index in [-0.39, 0.29) is 5.78 Å². The zero-order valence-electron chi connectivity index (χ0n) is 11.3. The fourth-order valence-corrected chi connectivity index (χ4v) is 2.65. The van der Waals surface area contributed by atoms with Crippen molar-refractivity contribution < 1.29 is 4.79 Å². The second kappa shape index (κ2) is 4.63. The lowest BCUT2D eigenvalue weighted by atomic mass is 9.96. The number of Topliss-reactive ketones (excluding diaryl/α,β-unsaturated/α-hetero) is 1. The highest BCUT2D eigenvalue weighted by molar-refractivity contribution is 6.21. The predicted octanol–water partition coefficient (Wildman–Crippen LogP) is 3.94. The Morgan fingerprint density at radius 1 is 0.905 bits per heavy atom. The average Bonchev–Trinajstić information content (AvgIpc) is 2.54. The van der Waals surface area contributed by atoms with E-state index < -0.39 is 0 Å². The molecule has 3 nitrogen and oxygen atoms in total. The Labute approximate surface area is 122 Å². The minimum absolute atomic E-state index is 0.0799. The van der Waals surface area contributed by atoms with E-state index >= 15 is 0 Å². The Morgan fingerprint density at radius 2 is 1.76 bits per heavy atom. The van der Waals surface area contributed by atoms with E-state index in [0.29, 0.717) is 17.8 Å². The Hall–Kier alpha value is -2.81. The second-order valence-corrected chi connectivity index (χ2v) is 5.09. The SMILES string of the molecule is O=C1CC(c2ccc3ccccc3c2)=Nc2ncccc21. The maximum absolute atomic E-state index is 12.2. The molecule has 1 aliphatic heterocycles. The molecule has 2 heterocycles. The molecule has 3 heteroatoms. The summed E-state index contributed by atoms with van der Waals surface area (Å²) < 4.78 is 0. The van der Waals surface area contributed by atoms with E-state index in [2.05, 4.69) is 34.2 Å². The number of carbonyl (C=O) groups is 1. The number of hydrogen-bond acceptors (Lipinski definition) is 3. The number of pyridine rings is 1. The summed E-state index contributed by atoms with van der Waals surface area (Å²) in [6.07, 6.45) is 2.00. The van der Waals surface area contributed by atoms with Crippen molar-refractivity contribution in [2.75, 3.05) is 0 Å². The molecule has 1 aromatic heterocycles. The van der Waals surface area contributed by atoms with Crippen LogP contribution in [0.25, 0.3) is 10.8 Å². The lowest BCUT2D eigenvalue weighted by Gasteiger charge is -2.14. The molecule has 4 rings (SSSR count). The smallest absolute Gasteiger partial charge is 0.172 e. The van der Waals surface area contributed by atoms with Crippen LogP contribution in [0.4, 0.5) is 5.82 Å². The molecule has 2 aromatic carbocycles. The van der Waals surface area contributed by atoms with Gasteiger partial charge in [-0.05, 0) is 34.5 Å². The molecular formula is C18H12N2O. The number of nitrogens with zero attached hydrogens (tertiary/aromatic N) is 2. The van der Waals surface area contributed by atoms with Gasteiger partial charge in [0.25, 0.3) is 0 Å². The Bertz CT molecular complexity index is 896. The first kappa shape index (κ1) is 12.0. The van der Waals surface area contributed by atoms with Crippen LogP contribution in [0.15, 0.2) is 65.8 Å². The summed E-state index contributed by atoms with van der Waals surface area (Å²) in [5.41, 5.74) is 2.39. The molecule has 0 saturated carbocycles. The highest BCUT2D eigenvalue weighted by Crippen LogP contribution is 2.26. The van der Waals surface area contributed by atoms with Gasteiger partial charge in [0, 0.05) is 6.20 Å². The summed E-state index contributed by atoms with van der Waals surface area (Å²) in [5.74, 6) is 0.605. The first-order valence-electron chi connectivity index (χ1n) is 6.86. The third-order valence-corrected chi connectivity index (χ3v) is 3.74. The van der Waals surface area contributed by atoms with E-state index in [1.54, 1.807) is 18.3 Å². The molecule has 0 N–H and O–H groups in total. The van der Waals surface area contributed by atoms with Crippen LogP contribution in [0.3, 0.4) is 0 Å². The quantitative estimate of drug-likeness (QED) is 0.673. The normalized spacial score (nSPS) is 13.9. The predicted molar refractivity (Wildman–Crippen MR) is 83.3 cm³/mol. The van der Waals surface area contributed by atoms with Gasteiger partial charge in [-0.1, -0.05) is 36.4 Å². The Balaban J connectivity index is 1.86. The van der Waals surface area contributed by atoms with E-state index in [9.17, 15) is 4.79 Å². The van der Waals surface area contributed by atoms with Gasteiger partial charge in [0.2, 0.25) is 0 Å². The van der Waals surface area contributed by atoms with Crippen LogP contribution in [0, 0.1) is 0 Å². The first-order valence-corrected chi connectivity index (χ1v) is 6.86. The lowest BCUT2D eigenvalue weighted by molar-refractivity contribution is 0.0999. The highest BCUT2D eigenvalue weighted by atomic mass is 16.1. The van der Waals surface area contributed by atoms with Crippen molar-refractivity contribution in [1.82, 2.24) is 4.98 Å². The molecule has 0 saturated heterocycles. The third-order valence-electron chi connectivity index (χ3n) is 3.74. The van der Waals surface area contributed by atoms with Gasteiger partial charge in [0.15, 0.2) is 11.6 Å². The summed E-state index contributed by atoms with van der Waals surface area (Å²) in [6.45, 7) is 0. The van der Waals surface area contributed by atoms with E-state index in [1.165, 1.54) is 5.39 Å². The van der Waals surface area contributed by atoms with Crippen molar-refractivity contribution in [3.05, 3.63) is 71.9 Å². The molecule has 21 heavy (non-hydrogen) atoms. The van der Waals surface area contributed by atoms with Crippen molar-refractivity contribution in [2.24, 2.45) is 4.99 Å². The monoisotopic (exact) mass is 272 g/mol. The zero-order valence-corrected chi connectivity index (χ0v) is 11.3. The molecule has 0 fully saturated rings. The topological polar surface area (TPSA) is 42.3 Å². The number of rotatable bonds is 1. The largest absolute Gasteiger partial charge is 0.294 e. The van der Waals surface area contributed by atoms with Crippen LogP contribution in [-0.2, 0) is 0 Å². The average molecular weight is 272 g/mol. The number of aliphatic imine (C=N–C) groups is 1. The summed E-state index contributed by atoms with van der Waals surface area (Å²) in [7, 11) is 0. The van der Waals surface area contributed by atoms with Gasteiger partial charge in [-0.2, -0.15) is 0 Å². The number of carbonyl (C=O) groups excluding carboxylic acids is 1. The summed E-state index contributed by atoms with van der Waals surface area (Å²) in [5, 5.41) is 2.33. The molecule has 0 atom stereocenters. The Kier molecular flexibility index (Phi) is 2.64. The van der Waals surface area contributed by atoms with Crippen LogP contribution >= 0.6 is 0 Å². The van der Waals surface area contributed by atoms with Gasteiger partial charge in [-0.25, -0.2) is 9.98 Å². The van der Waals surface area contributed by atoms with Gasteiger partial charge in [0.05, 0.1) is 17.7 Å². The fraction of sp³-hybridized carbons (Fsp3) is 0.0556. The summed E-state index contributed by atoms with van der Waals surface area (Å²) >= 11 is 0. The molecule has 100 valence electrons. The minimum atomic E-state index is 0.0799. The van der Waals surface area contributed by atoms with E-state index in [1.807, 2.05) is 18.2 Å². The van der Waals surface area contributed by atoms with Crippen LogP contribution in [0.5, 0.6) is 0 Å². The number of ketones is 1. The maximum atomic E-state index is 12.2. The van der Waals surface area contributed by atoms with Crippen molar-refractivity contribution >= 4 is 28.1 Å². The van der Waals surface area contributed by atoms with E-state index in [0.717, 1.165) is 16.7 Å². The molecule has 1 aliphatic rings. The Morgan fingerprint density at radius 3 is 2.67 bits per heavy atom. The number of fused-ring (bicyclic) bond motifs is 2. The standard InChI is InChI=1S/C18H12N2O/c21-17-11-16(20-18-15(17)6-3-9-19-18)14-8-7-12-4-1-2-5-13(12)10-14/h1-10H,11H2. The van der Waals surface area contributed by atoms with Crippen molar-refractivity contribution in [3.8, 4) is 0 Å². The van der Waals surface area contributed by atoms with Gasteiger partial charge < -0.3 is 0 Å². The zero-order chi connectivity index (χ0) is 14.2. The first-order chi connectivity index (χ1) is 10.3. The molecule has 0 bridgehead atoms. The molecule has 0 radical (unpaired) electrons. The van der Waals surface area contributed by atoms with Crippen molar-refractivity contribution in [3.63, 3.8) is 0 Å². The lowest BCUT2D eigenvalue weighted by Crippen LogP contribution is -2.14. The van der Waals surface area contributed by atoms with Crippen LogP contribution < -0.4 is 0 Å². The molecule has 3 aromatic rings. The van der Waals surface area contributed by atoms with Crippen molar-refractivity contribution in [2.45, 2.75) is 6.42 Å². The second-order valence-electron chi connectivity index (χ2n) is 5.09. The van der Waals surface area contributed by atoms with Gasteiger partial charge >= 0.3 is 0 Å². The van der Waals surface area contributed by atoms with Gasteiger partial charge in [-0.3, -0.25) is 4.79 Å². The van der Waals surface area contributed by atoms with Gasteiger partial charge in [-0.15, -0.1) is 0 Å². The van der Waals surface area contributed by atoms with Crippen LogP contribution in [0.2, 0.25) is 0 Å². The molecule has 0 spiro atoms. The maximum Gasteiger partial charge on any atom is 0.172 e. The number of benzene rings is 2. The van der Waals surface area contributed by atoms with Crippen LogP contribution in [0.1, 0.15) is 22.3 Å². The fourth-order valence-electron chi connectivity index (χ4n) is 2.65. The molecule has 0 unspecified atom stereocenters. The van der Waals surface area contributed by atoms with Crippen LogP contribution in [-0.4, -0.2) is 16.5 Å². The third kappa shape index (κ3) is 2.03. The minimum Gasteiger partial charge on any atom is -0.294 e. The van der Waals surface area contributed by atoms with E-state index in [4.69, 9.17) is 0 Å². The number of hydrogen-bond donors (Lipinski definition) is 0. The number of aromatic nitrogens is 1. The van der Waals surface area contributed by atoms with Gasteiger partial charge in [0.1, 0.15) is 0 Å². The summed E-state index contributed by atoms with van der Waals surface area (Å²) in [6, 6.07) is 17.9. The highest BCUT2D eigenvalue weighted by Gasteiger charge is 2.21.